The molecule has 1 N–H and O–H groups in total. The van der Waals surface area contributed by atoms with Crippen LogP contribution in [-0.2, 0) is 0 Å². The van der Waals surface area contributed by atoms with Crippen molar-refractivity contribution in [3.8, 4) is 12.3 Å². The van der Waals surface area contributed by atoms with Crippen LogP contribution in [0.1, 0.15) is 46.5 Å². The summed E-state index contributed by atoms with van der Waals surface area (Å²) in [7, 11) is 0. The van der Waals surface area contributed by atoms with Gasteiger partial charge in [-0.2, -0.15) is 0 Å². The summed E-state index contributed by atoms with van der Waals surface area (Å²) < 4.78 is 0. The van der Waals surface area contributed by atoms with Crippen LogP contribution < -0.4 is 5.32 Å². The van der Waals surface area contributed by atoms with Crippen molar-refractivity contribution in [2.45, 2.75) is 52.5 Å². The van der Waals surface area contributed by atoms with Gasteiger partial charge in [-0.15, -0.1) is 6.42 Å². The molecule has 2 heteroatoms. The summed E-state index contributed by atoms with van der Waals surface area (Å²) in [5, 5.41) is 3.30. The minimum absolute atomic E-state index is 0.607. The molecule has 98 valence electrons. The standard InChI is InChI=1S/C15H28N2/c1-5-10-16-13-14(4)17-11-8-15(6-2,7-3)9-12-17/h1,14,16H,6-13H2,2-4H3. The van der Waals surface area contributed by atoms with Gasteiger partial charge < -0.3 is 5.32 Å². The Morgan fingerprint density at radius 2 is 1.88 bits per heavy atom. The zero-order chi connectivity index (χ0) is 12.7. The first kappa shape index (κ1) is 14.5. The number of nitrogens with one attached hydrogen (secondary N) is 1. The summed E-state index contributed by atoms with van der Waals surface area (Å²) in [4.78, 5) is 2.60. The summed E-state index contributed by atoms with van der Waals surface area (Å²) in [6.45, 7) is 11.2. The zero-order valence-electron chi connectivity index (χ0n) is 11.8. The fraction of sp³-hybridized carbons (Fsp3) is 0.867. The first-order valence-corrected chi connectivity index (χ1v) is 7.05. The molecule has 0 radical (unpaired) electrons. The van der Waals surface area contributed by atoms with Crippen molar-refractivity contribution in [1.29, 1.82) is 0 Å². The fourth-order valence-corrected chi connectivity index (χ4v) is 2.88. The second-order valence-electron chi connectivity index (χ2n) is 5.43. The van der Waals surface area contributed by atoms with Crippen molar-refractivity contribution in [3.05, 3.63) is 0 Å². The number of hydrogen-bond donors (Lipinski definition) is 1. The van der Waals surface area contributed by atoms with Crippen molar-refractivity contribution in [2.24, 2.45) is 5.41 Å². The lowest BCUT2D eigenvalue weighted by Gasteiger charge is -2.43. The van der Waals surface area contributed by atoms with E-state index in [0.717, 1.165) is 6.54 Å². The van der Waals surface area contributed by atoms with E-state index >= 15 is 0 Å². The highest BCUT2D eigenvalue weighted by atomic mass is 15.2. The summed E-state index contributed by atoms with van der Waals surface area (Å²) in [5.41, 5.74) is 0.627. The molecule has 17 heavy (non-hydrogen) atoms. The molecule has 1 rings (SSSR count). The Bertz CT molecular complexity index is 240. The Balaban J connectivity index is 2.33. The smallest absolute Gasteiger partial charge is 0.0574 e. The van der Waals surface area contributed by atoms with Crippen molar-refractivity contribution < 1.29 is 0 Å². The van der Waals surface area contributed by atoms with Gasteiger partial charge in [-0.05, 0) is 38.3 Å². The molecule has 0 saturated carbocycles. The van der Waals surface area contributed by atoms with Crippen LogP contribution in [0.4, 0.5) is 0 Å². The number of nitrogens with zero attached hydrogens (tertiary/aromatic N) is 1. The molecule has 1 saturated heterocycles. The molecule has 0 amide bonds. The lowest BCUT2D eigenvalue weighted by Crippen LogP contribution is -2.47. The highest BCUT2D eigenvalue weighted by molar-refractivity contribution is 4.89. The Kier molecular flexibility index (Phi) is 6.02. The quantitative estimate of drug-likeness (QED) is 0.563. The van der Waals surface area contributed by atoms with Gasteiger partial charge in [0.15, 0.2) is 0 Å². The van der Waals surface area contributed by atoms with Crippen molar-refractivity contribution in [1.82, 2.24) is 10.2 Å². The van der Waals surface area contributed by atoms with Crippen LogP contribution in [0.3, 0.4) is 0 Å². The second kappa shape index (κ2) is 7.03. The molecule has 2 nitrogen and oxygen atoms in total. The molecule has 1 aliphatic rings. The molecule has 0 spiro atoms. The van der Waals surface area contributed by atoms with E-state index in [1.807, 2.05) is 0 Å². The molecule has 1 unspecified atom stereocenters. The van der Waals surface area contributed by atoms with E-state index in [9.17, 15) is 0 Å². The number of terminal acetylenes is 1. The van der Waals surface area contributed by atoms with Gasteiger partial charge in [0.25, 0.3) is 0 Å². The van der Waals surface area contributed by atoms with E-state index in [1.54, 1.807) is 0 Å². The Labute approximate surface area is 107 Å². The SMILES string of the molecule is C#CCNCC(C)N1CCC(CC)(CC)CC1. The highest BCUT2D eigenvalue weighted by Gasteiger charge is 2.32. The molecule has 0 bridgehead atoms. The topological polar surface area (TPSA) is 15.3 Å². The van der Waals surface area contributed by atoms with E-state index < -0.39 is 0 Å². The second-order valence-corrected chi connectivity index (χ2v) is 5.43. The third-order valence-electron chi connectivity index (χ3n) is 4.65. The lowest BCUT2D eigenvalue weighted by molar-refractivity contribution is 0.0713. The van der Waals surface area contributed by atoms with Crippen molar-refractivity contribution in [3.63, 3.8) is 0 Å². The summed E-state index contributed by atoms with van der Waals surface area (Å²) >= 11 is 0. The predicted octanol–water partition coefficient (Wildman–Crippen LogP) is 2.50. The molecular weight excluding hydrogens is 208 g/mol. The van der Waals surface area contributed by atoms with Crippen molar-refractivity contribution in [2.75, 3.05) is 26.2 Å². The normalized spacial score (nSPS) is 22.0. The fourth-order valence-electron chi connectivity index (χ4n) is 2.88. The minimum Gasteiger partial charge on any atom is -0.305 e. The van der Waals surface area contributed by atoms with Gasteiger partial charge in [-0.25, -0.2) is 0 Å². The first-order valence-electron chi connectivity index (χ1n) is 7.05. The molecule has 1 aliphatic heterocycles. The molecular formula is C15H28N2. The molecule has 0 aromatic rings. The first-order chi connectivity index (χ1) is 8.17. The van der Waals surface area contributed by atoms with Gasteiger partial charge >= 0.3 is 0 Å². The van der Waals surface area contributed by atoms with Crippen LogP contribution in [0.5, 0.6) is 0 Å². The number of hydrogen-bond acceptors (Lipinski definition) is 2. The van der Waals surface area contributed by atoms with E-state index in [1.165, 1.54) is 38.8 Å². The highest BCUT2D eigenvalue weighted by Crippen LogP contribution is 2.38. The van der Waals surface area contributed by atoms with Crippen LogP contribution in [0.25, 0.3) is 0 Å². The molecule has 1 heterocycles. The van der Waals surface area contributed by atoms with Gasteiger partial charge in [-0.1, -0.05) is 32.6 Å². The van der Waals surface area contributed by atoms with Gasteiger partial charge in [0.1, 0.15) is 0 Å². The molecule has 0 aromatic carbocycles. The number of piperidine rings is 1. The average Bonchev–Trinajstić information content (AvgIpc) is 2.39. The van der Waals surface area contributed by atoms with Crippen LogP contribution in [-0.4, -0.2) is 37.1 Å². The maximum absolute atomic E-state index is 5.24. The van der Waals surface area contributed by atoms with E-state index in [0.29, 0.717) is 18.0 Å². The molecule has 1 atom stereocenters. The summed E-state index contributed by atoms with van der Waals surface area (Å²) in [6.07, 6.45) is 10.6. The number of likely N-dealkylation sites (tertiary alicyclic amines) is 1. The molecule has 0 aliphatic carbocycles. The van der Waals surface area contributed by atoms with Gasteiger partial charge in [0, 0.05) is 12.6 Å². The molecule has 0 aromatic heterocycles. The third-order valence-corrected chi connectivity index (χ3v) is 4.65. The lowest BCUT2D eigenvalue weighted by atomic mass is 9.74. The van der Waals surface area contributed by atoms with Crippen LogP contribution in [0.2, 0.25) is 0 Å². The predicted molar refractivity (Wildman–Crippen MR) is 75.0 cm³/mol. The molecule has 1 fully saturated rings. The van der Waals surface area contributed by atoms with Gasteiger partial charge in [0.2, 0.25) is 0 Å². The number of rotatable bonds is 6. The largest absolute Gasteiger partial charge is 0.305 e. The van der Waals surface area contributed by atoms with Crippen LogP contribution in [0, 0.1) is 17.8 Å². The maximum atomic E-state index is 5.24. The van der Waals surface area contributed by atoms with Crippen molar-refractivity contribution >= 4 is 0 Å². The zero-order valence-corrected chi connectivity index (χ0v) is 11.8. The summed E-state index contributed by atoms with van der Waals surface area (Å²) in [5.74, 6) is 2.63. The third kappa shape index (κ3) is 4.01. The van der Waals surface area contributed by atoms with E-state index in [2.05, 4.69) is 36.9 Å². The van der Waals surface area contributed by atoms with Crippen LogP contribution in [0.15, 0.2) is 0 Å². The Morgan fingerprint density at radius 1 is 1.29 bits per heavy atom. The Hall–Kier alpha value is -0.520. The minimum atomic E-state index is 0.607. The van der Waals surface area contributed by atoms with E-state index in [-0.39, 0.29) is 0 Å². The Morgan fingerprint density at radius 3 is 2.35 bits per heavy atom. The maximum Gasteiger partial charge on any atom is 0.0574 e. The summed E-state index contributed by atoms with van der Waals surface area (Å²) in [6, 6.07) is 0.607. The monoisotopic (exact) mass is 236 g/mol. The van der Waals surface area contributed by atoms with Crippen LogP contribution >= 0.6 is 0 Å². The van der Waals surface area contributed by atoms with E-state index in [4.69, 9.17) is 6.42 Å². The van der Waals surface area contributed by atoms with Gasteiger partial charge in [0.05, 0.1) is 6.54 Å². The van der Waals surface area contributed by atoms with Gasteiger partial charge in [-0.3, -0.25) is 4.90 Å². The average molecular weight is 236 g/mol.